The highest BCUT2D eigenvalue weighted by Gasteiger charge is 2.42. The number of fused-ring (bicyclic) bond motifs is 1. The summed E-state index contributed by atoms with van der Waals surface area (Å²) in [6, 6.07) is 2.00. The summed E-state index contributed by atoms with van der Waals surface area (Å²) in [7, 11) is 3.72. The Hall–Kier alpha value is -1.55. The van der Waals surface area contributed by atoms with Gasteiger partial charge in [-0.25, -0.2) is 0 Å². The zero-order valence-electron chi connectivity index (χ0n) is 14.0. The quantitative estimate of drug-likeness (QED) is 0.635. The third kappa shape index (κ3) is 2.72. The molecule has 1 saturated carbocycles. The molecule has 4 heteroatoms. The zero-order valence-corrected chi connectivity index (χ0v) is 14.0. The summed E-state index contributed by atoms with van der Waals surface area (Å²) in [5, 5.41) is 0. The van der Waals surface area contributed by atoms with Gasteiger partial charge in [0.05, 0.1) is 6.54 Å². The van der Waals surface area contributed by atoms with Gasteiger partial charge in [-0.3, -0.25) is 9.69 Å². The Morgan fingerprint density at radius 2 is 2.00 bits per heavy atom. The average molecular weight is 303 g/mol. The minimum atomic E-state index is -0.223. The standard InChI is InChI=1S/C18H25NO3/c1-12-13(2)17-14(6-9-18(22-17)7-5-8-18)10-15(12)21-16(20)11-19(3)4/h10H,5-9,11H2,1-4H3. The topological polar surface area (TPSA) is 38.8 Å². The molecule has 1 aliphatic heterocycles. The van der Waals surface area contributed by atoms with Crippen LogP contribution in [0, 0.1) is 13.8 Å². The van der Waals surface area contributed by atoms with Crippen molar-refractivity contribution < 1.29 is 14.3 Å². The molecule has 1 heterocycles. The molecular formula is C18H25NO3. The van der Waals surface area contributed by atoms with Crippen molar-refractivity contribution in [3.8, 4) is 11.5 Å². The van der Waals surface area contributed by atoms with Gasteiger partial charge in [0, 0.05) is 0 Å². The monoisotopic (exact) mass is 303 g/mol. The Morgan fingerprint density at radius 3 is 2.59 bits per heavy atom. The summed E-state index contributed by atoms with van der Waals surface area (Å²) in [4.78, 5) is 13.7. The first-order valence-corrected chi connectivity index (χ1v) is 8.08. The molecule has 0 saturated heterocycles. The van der Waals surface area contributed by atoms with Crippen molar-refractivity contribution in [2.24, 2.45) is 0 Å². The van der Waals surface area contributed by atoms with Crippen molar-refractivity contribution >= 4 is 5.97 Å². The molecule has 1 aliphatic carbocycles. The number of hydrogen-bond donors (Lipinski definition) is 0. The predicted octanol–water partition coefficient (Wildman–Crippen LogP) is 3.02. The van der Waals surface area contributed by atoms with Crippen LogP contribution in [-0.4, -0.2) is 37.1 Å². The second kappa shape index (κ2) is 5.58. The fraction of sp³-hybridized carbons (Fsp3) is 0.611. The second-order valence-corrected chi connectivity index (χ2v) is 6.96. The van der Waals surface area contributed by atoms with Crippen molar-refractivity contribution in [3.05, 3.63) is 22.8 Å². The van der Waals surface area contributed by atoms with Crippen molar-refractivity contribution in [2.45, 2.75) is 51.6 Å². The molecule has 0 amide bonds. The van der Waals surface area contributed by atoms with E-state index in [0.29, 0.717) is 5.75 Å². The van der Waals surface area contributed by atoms with E-state index in [2.05, 4.69) is 6.92 Å². The van der Waals surface area contributed by atoms with E-state index < -0.39 is 0 Å². The minimum Gasteiger partial charge on any atom is -0.487 e. The van der Waals surface area contributed by atoms with Gasteiger partial charge in [0.2, 0.25) is 0 Å². The molecule has 0 N–H and O–H groups in total. The van der Waals surface area contributed by atoms with Crippen molar-refractivity contribution in [1.82, 2.24) is 4.90 Å². The molecule has 2 aliphatic rings. The number of esters is 1. The fourth-order valence-corrected chi connectivity index (χ4v) is 3.33. The SMILES string of the molecule is Cc1c(OC(=O)CN(C)C)cc2c(c1C)OC1(CCC1)CC2. The van der Waals surface area contributed by atoms with Crippen molar-refractivity contribution in [2.75, 3.05) is 20.6 Å². The lowest BCUT2D eigenvalue weighted by Gasteiger charge is -2.46. The van der Waals surface area contributed by atoms with Gasteiger partial charge in [-0.05, 0) is 82.8 Å². The summed E-state index contributed by atoms with van der Waals surface area (Å²) in [5.41, 5.74) is 3.37. The van der Waals surface area contributed by atoms with Crippen molar-refractivity contribution in [3.63, 3.8) is 0 Å². The maximum atomic E-state index is 11.9. The Bertz CT molecular complexity index is 603. The summed E-state index contributed by atoms with van der Waals surface area (Å²) in [6.45, 7) is 4.35. The Morgan fingerprint density at radius 1 is 1.27 bits per heavy atom. The molecule has 0 bridgehead atoms. The molecular weight excluding hydrogens is 278 g/mol. The van der Waals surface area contributed by atoms with Crippen molar-refractivity contribution in [1.29, 1.82) is 0 Å². The molecule has 1 aromatic rings. The van der Waals surface area contributed by atoms with Gasteiger partial charge >= 0.3 is 5.97 Å². The molecule has 3 rings (SSSR count). The molecule has 120 valence electrons. The number of aryl methyl sites for hydroxylation is 1. The third-order valence-corrected chi connectivity index (χ3v) is 4.97. The highest BCUT2D eigenvalue weighted by Crippen LogP contribution is 2.47. The molecule has 0 radical (unpaired) electrons. The summed E-state index contributed by atoms with van der Waals surface area (Å²) < 4.78 is 11.9. The van der Waals surface area contributed by atoms with E-state index in [1.165, 1.54) is 24.8 Å². The van der Waals surface area contributed by atoms with Crippen LogP contribution < -0.4 is 9.47 Å². The summed E-state index contributed by atoms with van der Waals surface area (Å²) in [5.74, 6) is 1.48. The molecule has 1 aromatic carbocycles. The van der Waals surface area contributed by atoms with E-state index in [9.17, 15) is 4.79 Å². The van der Waals surface area contributed by atoms with E-state index in [1.807, 2.05) is 32.0 Å². The Kier molecular flexibility index (Phi) is 3.89. The van der Waals surface area contributed by atoms with Gasteiger partial charge < -0.3 is 9.47 Å². The lowest BCUT2D eigenvalue weighted by atomic mass is 9.74. The van der Waals surface area contributed by atoms with Gasteiger partial charge in [0.25, 0.3) is 0 Å². The molecule has 22 heavy (non-hydrogen) atoms. The van der Waals surface area contributed by atoms with Crippen LogP contribution >= 0.6 is 0 Å². The smallest absolute Gasteiger partial charge is 0.325 e. The fourth-order valence-electron chi connectivity index (χ4n) is 3.33. The lowest BCUT2D eigenvalue weighted by molar-refractivity contribution is -0.135. The maximum absolute atomic E-state index is 11.9. The predicted molar refractivity (Wildman–Crippen MR) is 85.6 cm³/mol. The number of carbonyl (C=O) groups is 1. The molecule has 0 unspecified atom stereocenters. The first-order chi connectivity index (χ1) is 10.4. The van der Waals surface area contributed by atoms with E-state index in [0.717, 1.165) is 29.7 Å². The lowest BCUT2D eigenvalue weighted by Crippen LogP contribution is -2.46. The number of rotatable bonds is 3. The maximum Gasteiger partial charge on any atom is 0.325 e. The number of ether oxygens (including phenoxy) is 2. The van der Waals surface area contributed by atoms with Gasteiger partial charge in [-0.1, -0.05) is 0 Å². The van der Waals surface area contributed by atoms with Gasteiger partial charge in [-0.2, -0.15) is 0 Å². The number of benzene rings is 1. The highest BCUT2D eigenvalue weighted by molar-refractivity contribution is 5.75. The van der Waals surface area contributed by atoms with Crippen LogP contribution in [0.25, 0.3) is 0 Å². The van der Waals surface area contributed by atoms with Gasteiger partial charge in [0.15, 0.2) is 0 Å². The number of carbonyl (C=O) groups excluding carboxylic acids is 1. The second-order valence-electron chi connectivity index (χ2n) is 6.96. The third-order valence-electron chi connectivity index (χ3n) is 4.97. The number of nitrogens with zero attached hydrogens (tertiary/aromatic N) is 1. The molecule has 4 nitrogen and oxygen atoms in total. The summed E-state index contributed by atoms with van der Waals surface area (Å²) in [6.07, 6.45) is 5.70. The van der Waals surface area contributed by atoms with E-state index >= 15 is 0 Å². The van der Waals surface area contributed by atoms with Crippen LogP contribution in [-0.2, 0) is 11.2 Å². The summed E-state index contributed by atoms with van der Waals surface area (Å²) >= 11 is 0. The largest absolute Gasteiger partial charge is 0.487 e. The molecule has 0 atom stereocenters. The van der Waals surface area contributed by atoms with E-state index in [4.69, 9.17) is 9.47 Å². The van der Waals surface area contributed by atoms with E-state index in [-0.39, 0.29) is 18.1 Å². The Balaban J connectivity index is 1.85. The first-order valence-electron chi connectivity index (χ1n) is 8.08. The van der Waals surface area contributed by atoms with E-state index in [1.54, 1.807) is 0 Å². The van der Waals surface area contributed by atoms with Crippen LogP contribution in [0.5, 0.6) is 11.5 Å². The van der Waals surface area contributed by atoms with Gasteiger partial charge in [-0.15, -0.1) is 0 Å². The number of likely N-dealkylation sites (N-methyl/N-ethyl adjacent to an activating group) is 1. The highest BCUT2D eigenvalue weighted by atomic mass is 16.5. The Labute approximate surface area is 132 Å². The first kappa shape index (κ1) is 15.3. The van der Waals surface area contributed by atoms with Crippen LogP contribution in [0.3, 0.4) is 0 Å². The number of hydrogen-bond acceptors (Lipinski definition) is 4. The van der Waals surface area contributed by atoms with Crippen LogP contribution in [0.1, 0.15) is 42.4 Å². The van der Waals surface area contributed by atoms with Crippen LogP contribution in [0.15, 0.2) is 6.07 Å². The zero-order chi connectivity index (χ0) is 15.9. The normalized spacial score (nSPS) is 18.6. The molecule has 0 aromatic heterocycles. The molecule has 1 spiro atoms. The average Bonchev–Trinajstić information content (AvgIpc) is 2.41. The van der Waals surface area contributed by atoms with Crippen LogP contribution in [0.2, 0.25) is 0 Å². The minimum absolute atomic E-state index is 0.0906. The molecule has 1 fully saturated rings. The van der Waals surface area contributed by atoms with Crippen LogP contribution in [0.4, 0.5) is 0 Å². The van der Waals surface area contributed by atoms with Gasteiger partial charge in [0.1, 0.15) is 17.1 Å².